The van der Waals surface area contributed by atoms with Crippen molar-refractivity contribution in [3.05, 3.63) is 70.6 Å². The fraction of sp³-hybridized carbons (Fsp3) is 0.464. The van der Waals surface area contributed by atoms with E-state index in [1.807, 2.05) is 18.5 Å². The lowest BCUT2D eigenvalue weighted by atomic mass is 10.1. The average Bonchev–Trinajstić information content (AvgIpc) is 3.27. The predicted octanol–water partition coefficient (Wildman–Crippen LogP) is 5.36. The molecule has 0 saturated carbocycles. The van der Waals surface area contributed by atoms with Gasteiger partial charge in [-0.15, -0.1) is 0 Å². The van der Waals surface area contributed by atoms with Gasteiger partial charge in [0.1, 0.15) is 11.6 Å². The Morgan fingerprint density at radius 3 is 2.18 bits per heavy atom. The molecule has 0 N–H and O–H groups in total. The van der Waals surface area contributed by atoms with Crippen LogP contribution in [0.3, 0.4) is 0 Å². The first-order chi connectivity index (χ1) is 18.1. The largest absolute Gasteiger partial charge is 0.354 e. The summed E-state index contributed by atoms with van der Waals surface area (Å²) >= 11 is 6.03. The number of sulfonamides is 1. The summed E-state index contributed by atoms with van der Waals surface area (Å²) in [5, 5.41) is 5.43. The van der Waals surface area contributed by atoms with Gasteiger partial charge in [-0.3, -0.25) is 4.90 Å². The van der Waals surface area contributed by atoms with Gasteiger partial charge in [0, 0.05) is 55.9 Å². The molecular formula is C28H37ClFN5O2S. The Kier molecular flexibility index (Phi) is 9.13. The number of hydrogen-bond acceptors (Lipinski definition) is 5. The summed E-state index contributed by atoms with van der Waals surface area (Å²) in [7, 11) is -3.77. The molecule has 0 bridgehead atoms. The van der Waals surface area contributed by atoms with E-state index >= 15 is 0 Å². The Labute approximate surface area is 230 Å². The highest BCUT2D eigenvalue weighted by atomic mass is 35.5. The number of halogens is 2. The van der Waals surface area contributed by atoms with Crippen LogP contribution in [0.15, 0.2) is 53.4 Å². The van der Waals surface area contributed by atoms with Gasteiger partial charge in [-0.25, -0.2) is 17.5 Å². The van der Waals surface area contributed by atoms with Gasteiger partial charge in [-0.2, -0.15) is 9.40 Å². The maximum absolute atomic E-state index is 13.8. The fourth-order valence-corrected chi connectivity index (χ4v) is 6.56. The second kappa shape index (κ2) is 12.2. The van der Waals surface area contributed by atoms with Crippen molar-refractivity contribution in [3.63, 3.8) is 0 Å². The SMILES string of the molecule is CCCN(Cc1c(CC)nn(-c2ccc(F)cc2)c1N1CCN(C(C)C)CC1)S(=O)(=O)c1ccc(Cl)cc1. The minimum Gasteiger partial charge on any atom is -0.354 e. The highest BCUT2D eigenvalue weighted by molar-refractivity contribution is 7.89. The molecule has 2 aromatic carbocycles. The van der Waals surface area contributed by atoms with Crippen LogP contribution < -0.4 is 4.90 Å². The summed E-state index contributed by atoms with van der Waals surface area (Å²) in [5.41, 5.74) is 2.47. The van der Waals surface area contributed by atoms with Crippen LogP contribution in [0.1, 0.15) is 45.4 Å². The summed E-state index contributed by atoms with van der Waals surface area (Å²) in [4.78, 5) is 4.94. The number of anilines is 1. The van der Waals surface area contributed by atoms with Crippen molar-refractivity contribution in [2.75, 3.05) is 37.6 Å². The Morgan fingerprint density at radius 2 is 1.63 bits per heavy atom. The van der Waals surface area contributed by atoms with Crippen molar-refractivity contribution in [1.29, 1.82) is 0 Å². The van der Waals surface area contributed by atoms with Crippen molar-refractivity contribution in [3.8, 4) is 5.69 Å². The Hall–Kier alpha value is -2.46. The lowest BCUT2D eigenvalue weighted by Gasteiger charge is -2.38. The zero-order valence-corrected chi connectivity index (χ0v) is 24.1. The van der Waals surface area contributed by atoms with E-state index in [-0.39, 0.29) is 17.3 Å². The van der Waals surface area contributed by atoms with Gasteiger partial charge < -0.3 is 4.90 Å². The van der Waals surface area contributed by atoms with Gasteiger partial charge in [0.15, 0.2) is 0 Å². The van der Waals surface area contributed by atoms with Gasteiger partial charge in [-0.1, -0.05) is 25.4 Å². The van der Waals surface area contributed by atoms with Gasteiger partial charge >= 0.3 is 0 Å². The number of hydrogen-bond donors (Lipinski definition) is 0. The maximum atomic E-state index is 13.8. The van der Waals surface area contributed by atoms with Crippen molar-refractivity contribution in [2.24, 2.45) is 0 Å². The topological polar surface area (TPSA) is 61.7 Å². The predicted molar refractivity (Wildman–Crippen MR) is 151 cm³/mol. The fourth-order valence-electron chi connectivity index (χ4n) is 4.93. The molecule has 206 valence electrons. The number of benzene rings is 2. The summed E-state index contributed by atoms with van der Waals surface area (Å²) in [6, 6.07) is 13.0. The summed E-state index contributed by atoms with van der Waals surface area (Å²) in [6.45, 7) is 12.3. The molecule has 7 nitrogen and oxygen atoms in total. The van der Waals surface area contributed by atoms with Crippen LogP contribution in [0.5, 0.6) is 0 Å². The van der Waals surface area contributed by atoms with E-state index in [0.29, 0.717) is 30.5 Å². The lowest BCUT2D eigenvalue weighted by Crippen LogP contribution is -2.49. The molecule has 1 saturated heterocycles. The van der Waals surface area contributed by atoms with E-state index in [1.54, 1.807) is 36.4 Å². The lowest BCUT2D eigenvalue weighted by molar-refractivity contribution is 0.208. The third-order valence-electron chi connectivity index (χ3n) is 7.05. The summed E-state index contributed by atoms with van der Waals surface area (Å²) < 4.78 is 44.7. The molecule has 0 aliphatic carbocycles. The van der Waals surface area contributed by atoms with E-state index in [0.717, 1.165) is 48.9 Å². The molecule has 0 amide bonds. The zero-order valence-electron chi connectivity index (χ0n) is 22.6. The molecule has 2 heterocycles. The summed E-state index contributed by atoms with van der Waals surface area (Å²) in [5.74, 6) is 0.566. The molecule has 10 heteroatoms. The van der Waals surface area contributed by atoms with E-state index in [2.05, 4.69) is 23.6 Å². The quantitative estimate of drug-likeness (QED) is 0.333. The van der Waals surface area contributed by atoms with E-state index < -0.39 is 10.0 Å². The minimum absolute atomic E-state index is 0.197. The van der Waals surface area contributed by atoms with Crippen molar-refractivity contribution >= 4 is 27.4 Å². The molecule has 3 aromatic rings. The second-order valence-corrected chi connectivity index (χ2v) is 12.3. The van der Waals surface area contributed by atoms with Crippen LogP contribution in [-0.4, -0.2) is 66.2 Å². The number of aryl methyl sites for hydroxylation is 1. The molecular weight excluding hydrogens is 525 g/mol. The molecule has 0 radical (unpaired) electrons. The Morgan fingerprint density at radius 1 is 1.00 bits per heavy atom. The zero-order chi connectivity index (χ0) is 27.4. The smallest absolute Gasteiger partial charge is 0.243 e. The number of piperazine rings is 1. The van der Waals surface area contributed by atoms with Crippen LogP contribution in [0.25, 0.3) is 5.69 Å². The molecule has 0 atom stereocenters. The third kappa shape index (κ3) is 6.06. The number of nitrogens with zero attached hydrogens (tertiary/aromatic N) is 5. The molecule has 1 fully saturated rings. The third-order valence-corrected chi connectivity index (χ3v) is 9.16. The van der Waals surface area contributed by atoms with Crippen LogP contribution in [0.4, 0.5) is 10.2 Å². The van der Waals surface area contributed by atoms with Crippen LogP contribution in [0.2, 0.25) is 5.02 Å². The van der Waals surface area contributed by atoms with Crippen molar-refractivity contribution in [2.45, 2.75) is 58.0 Å². The first kappa shape index (κ1) is 28.5. The molecule has 0 unspecified atom stereocenters. The minimum atomic E-state index is -3.77. The first-order valence-electron chi connectivity index (χ1n) is 13.3. The van der Waals surface area contributed by atoms with Crippen LogP contribution in [-0.2, 0) is 23.0 Å². The van der Waals surface area contributed by atoms with Gasteiger partial charge in [-0.05, 0) is 75.2 Å². The normalized spacial score (nSPS) is 15.1. The monoisotopic (exact) mass is 561 g/mol. The summed E-state index contributed by atoms with van der Waals surface area (Å²) in [6.07, 6.45) is 1.31. The molecule has 1 aliphatic heterocycles. The van der Waals surface area contributed by atoms with Crippen LogP contribution in [0, 0.1) is 5.82 Å². The second-order valence-electron chi connectivity index (χ2n) is 9.90. The van der Waals surface area contributed by atoms with E-state index in [4.69, 9.17) is 16.7 Å². The van der Waals surface area contributed by atoms with Gasteiger partial charge in [0.25, 0.3) is 0 Å². The number of aromatic nitrogens is 2. The van der Waals surface area contributed by atoms with E-state index in [9.17, 15) is 12.8 Å². The Bertz CT molecular complexity index is 1320. The molecule has 4 rings (SSSR count). The molecule has 1 aromatic heterocycles. The van der Waals surface area contributed by atoms with Gasteiger partial charge in [0.2, 0.25) is 10.0 Å². The molecule has 38 heavy (non-hydrogen) atoms. The molecule has 1 aliphatic rings. The highest BCUT2D eigenvalue weighted by Gasteiger charge is 2.31. The van der Waals surface area contributed by atoms with Crippen LogP contribution >= 0.6 is 11.6 Å². The molecule has 0 spiro atoms. The van der Waals surface area contributed by atoms with E-state index in [1.165, 1.54) is 16.4 Å². The highest BCUT2D eigenvalue weighted by Crippen LogP contribution is 2.32. The standard InChI is InChI=1S/C28H37ClFN5O2S/c1-5-15-34(38(36,37)25-13-7-22(29)8-14-25)20-26-27(6-2)31-35(24-11-9-23(30)10-12-24)28(26)33-18-16-32(17-19-33)21(3)4/h7-14,21H,5-6,15-20H2,1-4H3. The number of rotatable bonds is 10. The van der Waals surface area contributed by atoms with Crippen molar-refractivity contribution < 1.29 is 12.8 Å². The average molecular weight is 562 g/mol. The van der Waals surface area contributed by atoms with Gasteiger partial charge in [0.05, 0.1) is 16.3 Å². The van der Waals surface area contributed by atoms with Crippen molar-refractivity contribution in [1.82, 2.24) is 19.0 Å². The Balaban J connectivity index is 1.80. The first-order valence-corrected chi connectivity index (χ1v) is 15.1. The maximum Gasteiger partial charge on any atom is 0.243 e.